The molecule has 22 heavy (non-hydrogen) atoms. The van der Waals surface area contributed by atoms with Crippen LogP contribution in [0.15, 0.2) is 24.3 Å². The molecule has 0 aliphatic carbocycles. The Balaban J connectivity index is 2.63. The van der Waals surface area contributed by atoms with E-state index in [0.29, 0.717) is 11.1 Å². The van der Waals surface area contributed by atoms with Crippen LogP contribution >= 0.6 is 55.1 Å². The number of halogens is 6. The van der Waals surface area contributed by atoms with Crippen molar-refractivity contribution < 1.29 is 13.6 Å². The van der Waals surface area contributed by atoms with Gasteiger partial charge < -0.3 is 0 Å². The Bertz CT molecular complexity index is 689. The van der Waals surface area contributed by atoms with Crippen molar-refractivity contribution >= 4 is 60.8 Å². The van der Waals surface area contributed by atoms with Crippen LogP contribution in [-0.4, -0.2) is 5.78 Å². The molecule has 2 aromatic carbocycles. The van der Waals surface area contributed by atoms with E-state index in [9.17, 15) is 13.6 Å². The lowest BCUT2D eigenvalue weighted by molar-refractivity contribution is 0.103. The Morgan fingerprint density at radius 3 is 1.55 bits per heavy atom. The van der Waals surface area contributed by atoms with E-state index in [1.807, 2.05) is 0 Å². The summed E-state index contributed by atoms with van der Waals surface area (Å²) in [6.07, 6.45) is 0. The molecule has 0 bridgehead atoms. The Hall–Kier alpha value is -0.490. The van der Waals surface area contributed by atoms with E-state index in [2.05, 4.69) is 31.9 Å². The molecule has 0 heterocycles. The van der Waals surface area contributed by atoms with E-state index in [-0.39, 0.29) is 31.8 Å². The number of alkyl halides is 2. The molecule has 7 heteroatoms. The van der Waals surface area contributed by atoms with Gasteiger partial charge >= 0.3 is 0 Å². The minimum absolute atomic E-state index is 0.0517. The van der Waals surface area contributed by atoms with E-state index in [1.54, 1.807) is 0 Å². The van der Waals surface area contributed by atoms with Crippen LogP contribution in [0.5, 0.6) is 0 Å². The molecule has 0 aliphatic heterocycles. The largest absolute Gasteiger partial charge is 0.288 e. The number of hydrogen-bond acceptors (Lipinski definition) is 1. The fraction of sp³-hybridized carbons (Fsp3) is 0.133. The molecule has 0 aromatic heterocycles. The summed E-state index contributed by atoms with van der Waals surface area (Å²) in [5.74, 6) is -1.83. The van der Waals surface area contributed by atoms with Crippen molar-refractivity contribution in [3.63, 3.8) is 0 Å². The van der Waals surface area contributed by atoms with E-state index in [1.165, 1.54) is 12.1 Å². The van der Waals surface area contributed by atoms with E-state index < -0.39 is 17.4 Å². The minimum atomic E-state index is -0.626. The lowest BCUT2D eigenvalue weighted by Gasteiger charge is -2.11. The van der Waals surface area contributed by atoms with E-state index in [4.69, 9.17) is 23.2 Å². The summed E-state index contributed by atoms with van der Waals surface area (Å²) in [6.45, 7) is 0. The number of carbonyl (C=O) groups is 1. The number of benzene rings is 2. The molecule has 0 unspecified atom stereocenters. The predicted octanol–water partition coefficient (Wildman–Crippen LogP) is 6.29. The molecule has 1 nitrogen and oxygen atoms in total. The average molecular weight is 473 g/mol. The molecule has 0 saturated heterocycles. The first kappa shape index (κ1) is 17.9. The number of rotatable bonds is 4. The second-order valence-electron chi connectivity index (χ2n) is 4.45. The lowest BCUT2D eigenvalue weighted by atomic mass is 9.99. The molecular formula is C15H8Br2Cl2F2O. The second kappa shape index (κ2) is 7.39. The number of hydrogen-bond donors (Lipinski definition) is 0. The third kappa shape index (κ3) is 3.53. The SMILES string of the molecule is O=C(c1cc(F)cc(CBr)c1Cl)c1cc(F)cc(CBr)c1Cl. The summed E-state index contributed by atoms with van der Waals surface area (Å²) in [7, 11) is 0. The number of carbonyl (C=O) groups excluding carboxylic acids is 1. The van der Waals surface area contributed by atoms with Crippen LogP contribution in [-0.2, 0) is 10.7 Å². The number of ketones is 1. The van der Waals surface area contributed by atoms with Gasteiger partial charge in [-0.3, -0.25) is 4.79 Å². The maximum absolute atomic E-state index is 13.6. The first-order valence-electron chi connectivity index (χ1n) is 6.01. The normalized spacial score (nSPS) is 10.8. The van der Waals surface area contributed by atoms with Crippen LogP contribution in [0.25, 0.3) is 0 Å². The molecule has 0 amide bonds. The smallest absolute Gasteiger partial charge is 0.196 e. The third-order valence-corrected chi connectivity index (χ3v) is 5.10. The molecule has 0 radical (unpaired) electrons. The van der Waals surface area contributed by atoms with Gasteiger partial charge in [-0.15, -0.1) is 0 Å². The van der Waals surface area contributed by atoms with Gasteiger partial charge in [0.2, 0.25) is 0 Å². The fourth-order valence-electron chi connectivity index (χ4n) is 1.96. The van der Waals surface area contributed by atoms with Gasteiger partial charge in [-0.05, 0) is 35.4 Å². The molecule has 0 fully saturated rings. The Morgan fingerprint density at radius 1 is 0.864 bits per heavy atom. The minimum Gasteiger partial charge on any atom is -0.288 e. The molecule has 0 atom stereocenters. The highest BCUT2D eigenvalue weighted by Gasteiger charge is 2.21. The fourth-order valence-corrected chi connectivity index (χ4v) is 3.69. The molecule has 2 rings (SSSR count). The zero-order valence-electron chi connectivity index (χ0n) is 10.9. The standard InChI is InChI=1S/C15H8Br2Cl2F2O/c16-5-7-1-9(20)3-11(13(7)18)15(22)12-4-10(21)2-8(6-17)14(12)19/h1-4H,5-6H2. The van der Waals surface area contributed by atoms with Crippen molar-refractivity contribution in [1.29, 1.82) is 0 Å². The topological polar surface area (TPSA) is 17.1 Å². The van der Waals surface area contributed by atoms with Crippen LogP contribution in [0.3, 0.4) is 0 Å². The Labute approximate surface area is 152 Å². The van der Waals surface area contributed by atoms with Crippen molar-refractivity contribution in [1.82, 2.24) is 0 Å². The van der Waals surface area contributed by atoms with Crippen LogP contribution in [0.1, 0.15) is 27.0 Å². The van der Waals surface area contributed by atoms with Gasteiger partial charge in [0.25, 0.3) is 0 Å². The van der Waals surface area contributed by atoms with Crippen molar-refractivity contribution in [2.24, 2.45) is 0 Å². The Morgan fingerprint density at radius 2 is 1.23 bits per heavy atom. The highest BCUT2D eigenvalue weighted by Crippen LogP contribution is 2.31. The third-order valence-electron chi connectivity index (χ3n) is 3.00. The molecule has 0 N–H and O–H groups in total. The molecule has 2 aromatic rings. The van der Waals surface area contributed by atoms with Crippen LogP contribution in [0.2, 0.25) is 10.0 Å². The summed E-state index contributed by atoms with van der Waals surface area (Å²) in [5.41, 5.74) is 0.754. The quantitative estimate of drug-likeness (QED) is 0.377. The predicted molar refractivity (Wildman–Crippen MR) is 91.5 cm³/mol. The van der Waals surface area contributed by atoms with Gasteiger partial charge in [0.05, 0.1) is 10.0 Å². The van der Waals surface area contributed by atoms with Crippen LogP contribution in [0, 0.1) is 11.6 Å². The highest BCUT2D eigenvalue weighted by molar-refractivity contribution is 9.08. The van der Waals surface area contributed by atoms with Crippen molar-refractivity contribution in [2.75, 3.05) is 0 Å². The zero-order valence-corrected chi connectivity index (χ0v) is 15.6. The Kier molecular flexibility index (Phi) is 6.00. The van der Waals surface area contributed by atoms with E-state index >= 15 is 0 Å². The van der Waals surface area contributed by atoms with Crippen LogP contribution < -0.4 is 0 Å². The van der Waals surface area contributed by atoms with Crippen molar-refractivity contribution in [3.8, 4) is 0 Å². The highest BCUT2D eigenvalue weighted by atomic mass is 79.9. The van der Waals surface area contributed by atoms with Crippen molar-refractivity contribution in [3.05, 3.63) is 68.2 Å². The van der Waals surface area contributed by atoms with Gasteiger partial charge in [0, 0.05) is 21.8 Å². The maximum Gasteiger partial charge on any atom is 0.196 e. The molecule has 0 spiro atoms. The summed E-state index contributed by atoms with van der Waals surface area (Å²) < 4.78 is 27.3. The molecular weight excluding hydrogens is 465 g/mol. The lowest BCUT2D eigenvalue weighted by Crippen LogP contribution is -2.07. The van der Waals surface area contributed by atoms with Gasteiger partial charge in [0.1, 0.15) is 11.6 Å². The molecule has 0 aliphatic rings. The maximum atomic E-state index is 13.6. The second-order valence-corrected chi connectivity index (χ2v) is 6.33. The van der Waals surface area contributed by atoms with Crippen LogP contribution in [0.4, 0.5) is 8.78 Å². The van der Waals surface area contributed by atoms with Gasteiger partial charge in [-0.25, -0.2) is 8.78 Å². The van der Waals surface area contributed by atoms with Gasteiger partial charge in [-0.1, -0.05) is 55.1 Å². The summed E-state index contributed by atoms with van der Waals surface area (Å²) in [6, 6.07) is 4.49. The molecule has 116 valence electrons. The van der Waals surface area contributed by atoms with Gasteiger partial charge in [-0.2, -0.15) is 0 Å². The van der Waals surface area contributed by atoms with E-state index in [0.717, 1.165) is 12.1 Å². The first-order chi connectivity index (χ1) is 10.4. The summed E-state index contributed by atoms with van der Waals surface area (Å²) in [4.78, 5) is 12.6. The summed E-state index contributed by atoms with van der Waals surface area (Å²) in [5, 5.41) is 0.800. The monoisotopic (exact) mass is 470 g/mol. The molecule has 0 saturated carbocycles. The van der Waals surface area contributed by atoms with Gasteiger partial charge in [0.15, 0.2) is 5.78 Å². The summed E-state index contributed by atoms with van der Waals surface area (Å²) >= 11 is 18.6. The first-order valence-corrected chi connectivity index (χ1v) is 9.01. The van der Waals surface area contributed by atoms with Crippen molar-refractivity contribution in [2.45, 2.75) is 10.7 Å². The average Bonchev–Trinajstić information content (AvgIpc) is 2.50. The zero-order chi connectivity index (χ0) is 16.4.